The number of carbonyl (C=O) groups is 1. The van der Waals surface area contributed by atoms with Gasteiger partial charge in [0.05, 0.1) is 10.4 Å². The van der Waals surface area contributed by atoms with Crippen LogP contribution in [0.15, 0.2) is 47.5 Å². The number of aromatic nitrogens is 1. The predicted molar refractivity (Wildman–Crippen MR) is 115 cm³/mol. The highest BCUT2D eigenvalue weighted by Crippen LogP contribution is 2.26. The number of sulfonamides is 1. The standard InChI is InChI=1S/C21H23N3O3S2/c1-3-17-7-8-18(28-17)21(25)23-9-11-24(12-10-23)29(26,27)19-6-4-5-16-13-15(2)14-22-20(16)19/h4-8,13-14H,3,9-12H2,1-2H3. The lowest BCUT2D eigenvalue weighted by Crippen LogP contribution is -2.50. The van der Waals surface area contributed by atoms with Gasteiger partial charge in [0.2, 0.25) is 10.0 Å². The molecule has 0 N–H and O–H groups in total. The Labute approximate surface area is 174 Å². The van der Waals surface area contributed by atoms with Crippen molar-refractivity contribution < 1.29 is 13.2 Å². The molecule has 1 amide bonds. The average molecular weight is 430 g/mol. The number of benzene rings is 1. The van der Waals surface area contributed by atoms with Gasteiger partial charge in [-0.1, -0.05) is 19.1 Å². The molecular weight excluding hydrogens is 406 g/mol. The summed E-state index contributed by atoms with van der Waals surface area (Å²) in [5, 5.41) is 0.810. The molecule has 0 spiro atoms. The SMILES string of the molecule is CCc1ccc(C(=O)N2CCN(S(=O)(=O)c3cccc4cc(C)cnc34)CC2)s1. The third kappa shape index (κ3) is 3.80. The van der Waals surface area contributed by atoms with E-state index in [4.69, 9.17) is 0 Å². The van der Waals surface area contributed by atoms with Gasteiger partial charge in [0, 0.05) is 42.6 Å². The number of rotatable bonds is 4. The quantitative estimate of drug-likeness (QED) is 0.638. The number of hydrogen-bond donors (Lipinski definition) is 0. The van der Waals surface area contributed by atoms with E-state index in [1.165, 1.54) is 20.5 Å². The maximum atomic E-state index is 13.3. The number of pyridine rings is 1. The number of amides is 1. The van der Waals surface area contributed by atoms with Gasteiger partial charge in [-0.05, 0) is 43.2 Å². The molecule has 0 radical (unpaired) electrons. The Morgan fingerprint density at radius 2 is 1.90 bits per heavy atom. The van der Waals surface area contributed by atoms with Crippen molar-refractivity contribution in [3.05, 3.63) is 57.9 Å². The highest BCUT2D eigenvalue weighted by Gasteiger charge is 2.32. The summed E-state index contributed by atoms with van der Waals surface area (Å²) in [5.41, 5.74) is 1.47. The number of aryl methyl sites for hydroxylation is 2. The molecule has 3 heterocycles. The number of thiophene rings is 1. The van der Waals surface area contributed by atoms with Crippen molar-refractivity contribution in [2.24, 2.45) is 0 Å². The minimum Gasteiger partial charge on any atom is -0.335 e. The molecule has 4 rings (SSSR count). The second-order valence-corrected chi connectivity index (χ2v) is 10.2. The van der Waals surface area contributed by atoms with Gasteiger partial charge in [-0.2, -0.15) is 4.31 Å². The van der Waals surface area contributed by atoms with E-state index in [0.717, 1.165) is 17.4 Å². The van der Waals surface area contributed by atoms with E-state index >= 15 is 0 Å². The molecule has 29 heavy (non-hydrogen) atoms. The second-order valence-electron chi connectivity index (χ2n) is 7.16. The van der Waals surface area contributed by atoms with Gasteiger partial charge < -0.3 is 4.90 Å². The third-order valence-electron chi connectivity index (χ3n) is 5.18. The van der Waals surface area contributed by atoms with Crippen LogP contribution >= 0.6 is 11.3 Å². The molecule has 1 saturated heterocycles. The summed E-state index contributed by atoms with van der Waals surface area (Å²) in [6, 6.07) is 11.0. The van der Waals surface area contributed by atoms with Crippen LogP contribution in [0.3, 0.4) is 0 Å². The summed E-state index contributed by atoms with van der Waals surface area (Å²) in [6.07, 6.45) is 2.59. The van der Waals surface area contributed by atoms with E-state index < -0.39 is 10.0 Å². The van der Waals surface area contributed by atoms with Gasteiger partial charge >= 0.3 is 0 Å². The Morgan fingerprint density at radius 1 is 1.14 bits per heavy atom. The summed E-state index contributed by atoms with van der Waals surface area (Å²) < 4.78 is 28.0. The number of piperazine rings is 1. The molecule has 0 aliphatic carbocycles. The van der Waals surface area contributed by atoms with Crippen LogP contribution in [0.1, 0.15) is 27.0 Å². The van der Waals surface area contributed by atoms with E-state index in [-0.39, 0.29) is 23.9 Å². The van der Waals surface area contributed by atoms with Gasteiger partial charge in [0.15, 0.2) is 0 Å². The fourth-order valence-electron chi connectivity index (χ4n) is 3.56. The first-order valence-electron chi connectivity index (χ1n) is 9.63. The van der Waals surface area contributed by atoms with E-state index in [0.29, 0.717) is 23.5 Å². The lowest BCUT2D eigenvalue weighted by atomic mass is 10.2. The molecule has 3 aromatic rings. The Bertz CT molecular complexity index is 1160. The molecule has 6 nitrogen and oxygen atoms in total. The van der Waals surface area contributed by atoms with Gasteiger partial charge in [-0.25, -0.2) is 8.42 Å². The number of hydrogen-bond acceptors (Lipinski definition) is 5. The molecule has 1 aliphatic rings. The summed E-state index contributed by atoms with van der Waals surface area (Å²) in [5.74, 6) is -0.0194. The summed E-state index contributed by atoms with van der Waals surface area (Å²) in [6.45, 7) is 5.32. The first-order chi connectivity index (χ1) is 13.9. The van der Waals surface area contributed by atoms with E-state index in [2.05, 4.69) is 11.9 Å². The first-order valence-corrected chi connectivity index (χ1v) is 11.9. The lowest BCUT2D eigenvalue weighted by Gasteiger charge is -2.33. The molecule has 1 fully saturated rings. The fraction of sp³-hybridized carbons (Fsp3) is 0.333. The normalized spacial score (nSPS) is 15.7. The maximum absolute atomic E-state index is 13.3. The first kappa shape index (κ1) is 20.0. The summed E-state index contributed by atoms with van der Waals surface area (Å²) in [4.78, 5) is 20.9. The Kier molecular flexibility index (Phi) is 5.42. The summed E-state index contributed by atoms with van der Waals surface area (Å²) in [7, 11) is -3.68. The van der Waals surface area contributed by atoms with Crippen LogP contribution in [0.4, 0.5) is 0 Å². The zero-order valence-corrected chi connectivity index (χ0v) is 18.1. The third-order valence-corrected chi connectivity index (χ3v) is 8.32. The van der Waals surface area contributed by atoms with Crippen LogP contribution < -0.4 is 0 Å². The fourth-order valence-corrected chi connectivity index (χ4v) is 6.06. The Hall–Kier alpha value is -2.29. The molecule has 1 aromatic carbocycles. The molecule has 0 saturated carbocycles. The molecule has 0 atom stereocenters. The zero-order valence-electron chi connectivity index (χ0n) is 16.5. The predicted octanol–water partition coefficient (Wildman–Crippen LogP) is 3.31. The minimum absolute atomic E-state index is 0.0194. The molecule has 8 heteroatoms. The van der Waals surface area contributed by atoms with E-state index in [1.54, 1.807) is 23.2 Å². The van der Waals surface area contributed by atoms with Gasteiger partial charge in [-0.3, -0.25) is 9.78 Å². The van der Waals surface area contributed by atoms with Crippen LogP contribution in [0.25, 0.3) is 10.9 Å². The number of fused-ring (bicyclic) bond motifs is 1. The van der Waals surface area contributed by atoms with E-state index in [1.807, 2.05) is 31.2 Å². The molecule has 2 aromatic heterocycles. The van der Waals surface area contributed by atoms with Crippen molar-refractivity contribution in [2.45, 2.75) is 25.2 Å². The Morgan fingerprint density at radius 3 is 2.59 bits per heavy atom. The maximum Gasteiger partial charge on any atom is 0.264 e. The van der Waals surface area contributed by atoms with Crippen molar-refractivity contribution in [1.82, 2.24) is 14.2 Å². The largest absolute Gasteiger partial charge is 0.335 e. The average Bonchev–Trinajstić information content (AvgIpc) is 3.22. The zero-order chi connectivity index (χ0) is 20.6. The van der Waals surface area contributed by atoms with Crippen molar-refractivity contribution >= 4 is 38.2 Å². The molecule has 0 unspecified atom stereocenters. The number of para-hydroxylation sites is 1. The van der Waals surface area contributed by atoms with Crippen molar-refractivity contribution in [3.8, 4) is 0 Å². The van der Waals surface area contributed by atoms with Gasteiger partial charge in [-0.15, -0.1) is 11.3 Å². The second kappa shape index (κ2) is 7.85. The smallest absolute Gasteiger partial charge is 0.264 e. The lowest BCUT2D eigenvalue weighted by molar-refractivity contribution is 0.0703. The van der Waals surface area contributed by atoms with Crippen LogP contribution in [-0.4, -0.2) is 54.7 Å². The van der Waals surface area contributed by atoms with Crippen LogP contribution in [0.2, 0.25) is 0 Å². The van der Waals surface area contributed by atoms with Crippen LogP contribution in [0, 0.1) is 6.92 Å². The molecule has 1 aliphatic heterocycles. The molecule has 152 valence electrons. The van der Waals surface area contributed by atoms with Gasteiger partial charge in [0.25, 0.3) is 5.91 Å². The van der Waals surface area contributed by atoms with Crippen molar-refractivity contribution in [3.63, 3.8) is 0 Å². The van der Waals surface area contributed by atoms with Crippen molar-refractivity contribution in [1.29, 1.82) is 0 Å². The highest BCUT2D eigenvalue weighted by molar-refractivity contribution is 7.89. The van der Waals surface area contributed by atoms with Gasteiger partial charge in [0.1, 0.15) is 4.90 Å². The van der Waals surface area contributed by atoms with Crippen molar-refractivity contribution in [2.75, 3.05) is 26.2 Å². The monoisotopic (exact) mass is 429 g/mol. The topological polar surface area (TPSA) is 70.6 Å². The van der Waals surface area contributed by atoms with Crippen LogP contribution in [0.5, 0.6) is 0 Å². The molecular formula is C21H23N3O3S2. The van der Waals surface area contributed by atoms with E-state index in [9.17, 15) is 13.2 Å². The highest BCUT2D eigenvalue weighted by atomic mass is 32.2. The minimum atomic E-state index is -3.68. The number of carbonyl (C=O) groups excluding carboxylic acids is 1. The summed E-state index contributed by atoms with van der Waals surface area (Å²) >= 11 is 1.51. The van der Waals surface area contributed by atoms with Crippen LogP contribution in [-0.2, 0) is 16.4 Å². The Balaban J connectivity index is 1.53. The molecule has 0 bridgehead atoms. The number of nitrogens with zero attached hydrogens (tertiary/aromatic N) is 3.